The zero-order chi connectivity index (χ0) is 14.0. The number of nitrogens with two attached hydrogens (primary N) is 1. The fraction of sp³-hybridized carbons (Fsp3) is 0.417. The van der Waals surface area contributed by atoms with Crippen molar-refractivity contribution in [3.8, 4) is 0 Å². The number of nitrogens with zero attached hydrogens (tertiary/aromatic N) is 1. The molecule has 104 valence electrons. The van der Waals surface area contributed by atoms with Gasteiger partial charge in [-0.2, -0.15) is 4.31 Å². The Kier molecular flexibility index (Phi) is 3.88. The summed E-state index contributed by atoms with van der Waals surface area (Å²) in [4.78, 5) is 10.8. The van der Waals surface area contributed by atoms with Gasteiger partial charge in [0.2, 0.25) is 10.0 Å². The molecule has 1 fully saturated rings. The molecular weight excluding hydrogens is 268 g/mol. The van der Waals surface area contributed by atoms with E-state index in [2.05, 4.69) is 0 Å². The maximum Gasteiger partial charge on any atom is 0.335 e. The second kappa shape index (κ2) is 5.28. The van der Waals surface area contributed by atoms with Crippen LogP contribution in [-0.2, 0) is 10.0 Å². The molecule has 19 heavy (non-hydrogen) atoms. The van der Waals surface area contributed by atoms with Gasteiger partial charge in [0.15, 0.2) is 0 Å². The summed E-state index contributed by atoms with van der Waals surface area (Å²) in [7, 11) is -3.54. The van der Waals surface area contributed by atoms with E-state index in [4.69, 9.17) is 10.8 Å². The van der Waals surface area contributed by atoms with Gasteiger partial charge < -0.3 is 10.8 Å². The molecule has 0 spiro atoms. The number of carbonyl (C=O) groups is 1. The van der Waals surface area contributed by atoms with Crippen molar-refractivity contribution < 1.29 is 18.3 Å². The average molecular weight is 284 g/mol. The molecule has 1 saturated heterocycles. The van der Waals surface area contributed by atoms with Crippen LogP contribution in [-0.4, -0.2) is 42.9 Å². The second-order valence-corrected chi connectivity index (χ2v) is 6.51. The standard InChI is InChI=1S/C12H16N2O4S/c13-10-5-7-14(8-6-10)19(17,18)11-3-1-9(2-4-11)12(15)16/h1-4,10H,5-8,13H2,(H,15,16). The highest BCUT2D eigenvalue weighted by Crippen LogP contribution is 2.20. The Morgan fingerprint density at radius 3 is 2.21 bits per heavy atom. The van der Waals surface area contributed by atoms with Crippen molar-refractivity contribution in [3.05, 3.63) is 29.8 Å². The first-order valence-electron chi connectivity index (χ1n) is 6.00. The Bertz CT molecular complexity index is 560. The van der Waals surface area contributed by atoms with Gasteiger partial charge in [0.25, 0.3) is 0 Å². The SMILES string of the molecule is NC1CCN(S(=O)(=O)c2ccc(C(=O)O)cc2)CC1. The molecule has 0 aromatic heterocycles. The zero-order valence-electron chi connectivity index (χ0n) is 10.3. The van der Waals surface area contributed by atoms with Gasteiger partial charge in [-0.25, -0.2) is 13.2 Å². The lowest BCUT2D eigenvalue weighted by atomic mass is 10.1. The molecule has 1 aliphatic heterocycles. The molecule has 0 bridgehead atoms. The number of hydrogen-bond donors (Lipinski definition) is 2. The lowest BCUT2D eigenvalue weighted by Crippen LogP contribution is -2.42. The predicted molar refractivity (Wildman–Crippen MR) is 69.4 cm³/mol. The maximum atomic E-state index is 12.3. The Hall–Kier alpha value is -1.44. The van der Waals surface area contributed by atoms with Crippen molar-refractivity contribution in [3.63, 3.8) is 0 Å². The van der Waals surface area contributed by atoms with Gasteiger partial charge in [-0.3, -0.25) is 0 Å². The Morgan fingerprint density at radius 1 is 1.21 bits per heavy atom. The largest absolute Gasteiger partial charge is 0.478 e. The van der Waals surface area contributed by atoms with Gasteiger partial charge in [0, 0.05) is 19.1 Å². The van der Waals surface area contributed by atoms with Crippen LogP contribution >= 0.6 is 0 Å². The average Bonchev–Trinajstić information content (AvgIpc) is 2.39. The van der Waals surface area contributed by atoms with Crippen molar-refractivity contribution in [2.24, 2.45) is 5.73 Å². The van der Waals surface area contributed by atoms with Crippen molar-refractivity contribution in [1.29, 1.82) is 0 Å². The van der Waals surface area contributed by atoms with Gasteiger partial charge in [-0.1, -0.05) is 0 Å². The second-order valence-electron chi connectivity index (χ2n) is 4.57. The Balaban J connectivity index is 2.22. The quantitative estimate of drug-likeness (QED) is 0.841. The highest BCUT2D eigenvalue weighted by atomic mass is 32.2. The minimum atomic E-state index is -3.54. The van der Waals surface area contributed by atoms with Crippen LogP contribution in [0.5, 0.6) is 0 Å². The summed E-state index contributed by atoms with van der Waals surface area (Å²) < 4.78 is 26.0. The minimum absolute atomic E-state index is 0.0563. The number of hydrogen-bond acceptors (Lipinski definition) is 4. The van der Waals surface area contributed by atoms with Crippen molar-refractivity contribution in [2.45, 2.75) is 23.8 Å². The molecule has 1 aromatic carbocycles. The van der Waals surface area contributed by atoms with Crippen molar-refractivity contribution >= 4 is 16.0 Å². The summed E-state index contributed by atoms with van der Waals surface area (Å²) in [6.07, 6.45) is 1.29. The van der Waals surface area contributed by atoms with E-state index in [0.717, 1.165) is 0 Å². The van der Waals surface area contributed by atoms with Gasteiger partial charge in [0.1, 0.15) is 0 Å². The number of rotatable bonds is 3. The van der Waals surface area contributed by atoms with Gasteiger partial charge in [0.05, 0.1) is 10.5 Å². The first kappa shape index (κ1) is 14.0. The summed E-state index contributed by atoms with van der Waals surface area (Å²) in [6, 6.07) is 5.30. The number of piperidine rings is 1. The van der Waals surface area contributed by atoms with Crippen LogP contribution in [0.3, 0.4) is 0 Å². The van der Waals surface area contributed by atoms with Crippen molar-refractivity contribution in [2.75, 3.05) is 13.1 Å². The maximum absolute atomic E-state index is 12.3. The molecule has 2 rings (SSSR count). The van der Waals surface area contributed by atoms with E-state index in [1.54, 1.807) is 0 Å². The summed E-state index contributed by atoms with van der Waals surface area (Å²) in [6.45, 7) is 0.814. The predicted octanol–water partition coefficient (Wildman–Crippen LogP) is 0.497. The van der Waals surface area contributed by atoms with Crippen LogP contribution < -0.4 is 5.73 Å². The summed E-state index contributed by atoms with van der Waals surface area (Å²) in [5, 5.41) is 8.78. The number of aromatic carboxylic acids is 1. The van der Waals surface area contributed by atoms with Crippen molar-refractivity contribution in [1.82, 2.24) is 4.31 Å². The normalized spacial score (nSPS) is 18.4. The number of carboxylic acid groups (broad SMARTS) is 1. The zero-order valence-corrected chi connectivity index (χ0v) is 11.1. The summed E-state index contributed by atoms with van der Waals surface area (Å²) in [5.41, 5.74) is 5.81. The topological polar surface area (TPSA) is 101 Å². The molecule has 0 aliphatic carbocycles. The number of sulfonamides is 1. The first-order chi connectivity index (χ1) is 8.91. The van der Waals surface area contributed by atoms with Crippen LogP contribution in [0.4, 0.5) is 0 Å². The Morgan fingerprint density at radius 2 is 1.74 bits per heavy atom. The van der Waals surface area contributed by atoms with Crippen LogP contribution in [0, 0.1) is 0 Å². The van der Waals surface area contributed by atoms with E-state index < -0.39 is 16.0 Å². The molecule has 0 saturated carbocycles. The van der Waals surface area contributed by atoms with E-state index in [1.165, 1.54) is 28.6 Å². The summed E-state index contributed by atoms with van der Waals surface area (Å²) >= 11 is 0. The first-order valence-corrected chi connectivity index (χ1v) is 7.44. The molecule has 0 amide bonds. The van der Waals surface area contributed by atoms with E-state index in [1.807, 2.05) is 0 Å². The molecule has 0 radical (unpaired) electrons. The van der Waals surface area contributed by atoms with E-state index in [-0.39, 0.29) is 16.5 Å². The highest BCUT2D eigenvalue weighted by molar-refractivity contribution is 7.89. The van der Waals surface area contributed by atoms with Crippen LogP contribution in [0.2, 0.25) is 0 Å². The third-order valence-corrected chi connectivity index (χ3v) is 5.15. The molecule has 1 heterocycles. The third-order valence-electron chi connectivity index (χ3n) is 3.24. The van der Waals surface area contributed by atoms with Gasteiger partial charge in [-0.15, -0.1) is 0 Å². The lowest BCUT2D eigenvalue weighted by Gasteiger charge is -2.29. The van der Waals surface area contributed by atoms with Crippen LogP contribution in [0.25, 0.3) is 0 Å². The fourth-order valence-corrected chi connectivity index (χ4v) is 3.50. The molecule has 1 aliphatic rings. The van der Waals surface area contributed by atoms with Crippen LogP contribution in [0.15, 0.2) is 29.2 Å². The molecular formula is C12H16N2O4S. The third kappa shape index (κ3) is 2.94. The highest BCUT2D eigenvalue weighted by Gasteiger charge is 2.28. The minimum Gasteiger partial charge on any atom is -0.478 e. The molecule has 3 N–H and O–H groups in total. The van der Waals surface area contributed by atoms with E-state index in [9.17, 15) is 13.2 Å². The van der Waals surface area contributed by atoms with Crippen LogP contribution in [0.1, 0.15) is 23.2 Å². The molecule has 7 heteroatoms. The number of benzene rings is 1. The molecule has 0 unspecified atom stereocenters. The molecule has 6 nitrogen and oxygen atoms in total. The Labute approximate surface area is 111 Å². The monoisotopic (exact) mass is 284 g/mol. The summed E-state index contributed by atoms with van der Waals surface area (Å²) in [5.74, 6) is -1.08. The van der Waals surface area contributed by atoms with Gasteiger partial charge >= 0.3 is 5.97 Å². The van der Waals surface area contributed by atoms with E-state index in [0.29, 0.717) is 25.9 Å². The van der Waals surface area contributed by atoms with E-state index >= 15 is 0 Å². The lowest BCUT2D eigenvalue weighted by molar-refractivity contribution is 0.0696. The molecule has 0 atom stereocenters. The smallest absolute Gasteiger partial charge is 0.335 e. The number of carboxylic acids is 1. The fourth-order valence-electron chi connectivity index (χ4n) is 2.03. The van der Waals surface area contributed by atoms with Gasteiger partial charge in [-0.05, 0) is 37.1 Å². The molecule has 1 aromatic rings.